The molecule has 1 aliphatic rings. The zero-order valence-corrected chi connectivity index (χ0v) is 16.8. The monoisotopic (exact) mass is 382 g/mol. The molecule has 0 atom stereocenters. The fraction of sp³-hybridized carbons (Fsp3) is 0.185. The van der Waals surface area contributed by atoms with Crippen molar-refractivity contribution in [2.24, 2.45) is 5.92 Å². The highest BCUT2D eigenvalue weighted by Gasteiger charge is 2.26. The Bertz CT molecular complexity index is 981. The summed E-state index contributed by atoms with van der Waals surface area (Å²) < 4.78 is 11.5. The second kappa shape index (κ2) is 9.29. The van der Waals surface area contributed by atoms with Crippen molar-refractivity contribution in [1.29, 1.82) is 0 Å². The highest BCUT2D eigenvalue weighted by atomic mass is 16.5. The second-order valence-corrected chi connectivity index (χ2v) is 7.20. The maximum absolute atomic E-state index is 5.93. The molecule has 3 aromatic carbocycles. The molecule has 1 fully saturated rings. The molecular weight excluding hydrogens is 356 g/mol. The zero-order valence-electron chi connectivity index (χ0n) is 16.8. The molecule has 0 aliphatic heterocycles. The van der Waals surface area contributed by atoms with E-state index in [4.69, 9.17) is 9.47 Å². The molecule has 1 aliphatic carbocycles. The molecule has 0 amide bonds. The number of para-hydroxylation sites is 1. The lowest BCUT2D eigenvalue weighted by Gasteiger charge is -2.08. The third-order valence-corrected chi connectivity index (χ3v) is 4.92. The van der Waals surface area contributed by atoms with E-state index in [-0.39, 0.29) is 0 Å². The van der Waals surface area contributed by atoms with Crippen molar-refractivity contribution in [3.8, 4) is 17.2 Å². The Balaban J connectivity index is 1.48. The van der Waals surface area contributed by atoms with E-state index in [0.29, 0.717) is 12.5 Å². The van der Waals surface area contributed by atoms with E-state index in [1.165, 1.54) is 24.0 Å². The average Bonchev–Trinajstić information content (AvgIpc) is 3.59. The summed E-state index contributed by atoms with van der Waals surface area (Å²) in [5, 5.41) is 0. The van der Waals surface area contributed by atoms with E-state index >= 15 is 0 Å². The topological polar surface area (TPSA) is 18.5 Å². The molecule has 1 saturated carbocycles. The molecule has 2 heteroatoms. The minimum absolute atomic E-state index is 0.672. The van der Waals surface area contributed by atoms with Crippen LogP contribution in [-0.2, 0) is 0 Å². The quantitative estimate of drug-likeness (QED) is 0.378. The van der Waals surface area contributed by atoms with Crippen molar-refractivity contribution in [3.05, 3.63) is 102 Å². The number of ether oxygens (including phenoxy) is 2. The van der Waals surface area contributed by atoms with Gasteiger partial charge in [-0.1, -0.05) is 60.7 Å². The molecule has 146 valence electrons. The van der Waals surface area contributed by atoms with Crippen molar-refractivity contribution in [1.82, 2.24) is 0 Å². The van der Waals surface area contributed by atoms with Crippen molar-refractivity contribution in [2.75, 3.05) is 6.61 Å². The van der Waals surface area contributed by atoms with E-state index in [9.17, 15) is 0 Å². The van der Waals surface area contributed by atoms with E-state index in [2.05, 4.69) is 54.6 Å². The van der Waals surface area contributed by atoms with Gasteiger partial charge in [-0.2, -0.15) is 0 Å². The fourth-order valence-electron chi connectivity index (χ4n) is 3.34. The van der Waals surface area contributed by atoms with Gasteiger partial charge in [0.2, 0.25) is 0 Å². The lowest BCUT2D eigenvalue weighted by molar-refractivity contribution is 0.340. The van der Waals surface area contributed by atoms with Crippen LogP contribution in [0.2, 0.25) is 0 Å². The summed E-state index contributed by atoms with van der Waals surface area (Å²) >= 11 is 0. The maximum Gasteiger partial charge on any atom is 0.128 e. The minimum Gasteiger partial charge on any atom is -0.494 e. The smallest absolute Gasteiger partial charge is 0.128 e. The second-order valence-electron chi connectivity index (χ2n) is 7.20. The first-order chi connectivity index (χ1) is 14.3. The zero-order chi connectivity index (χ0) is 19.9. The van der Waals surface area contributed by atoms with Gasteiger partial charge in [0.05, 0.1) is 6.61 Å². The Kier molecular flexibility index (Phi) is 6.11. The molecule has 2 nitrogen and oxygen atoms in total. The first-order valence-electron chi connectivity index (χ1n) is 10.3. The number of hydrogen-bond acceptors (Lipinski definition) is 2. The predicted octanol–water partition coefficient (Wildman–Crippen LogP) is 7.38. The van der Waals surface area contributed by atoms with Crippen LogP contribution in [0.25, 0.3) is 11.6 Å². The molecule has 3 aromatic rings. The molecular formula is C27H26O2. The van der Waals surface area contributed by atoms with Gasteiger partial charge in [-0.3, -0.25) is 0 Å². The third kappa shape index (κ3) is 5.39. The van der Waals surface area contributed by atoms with Crippen LogP contribution in [0.1, 0.15) is 30.9 Å². The first-order valence-corrected chi connectivity index (χ1v) is 10.3. The van der Waals surface area contributed by atoms with Crippen molar-refractivity contribution in [2.45, 2.75) is 19.8 Å². The third-order valence-electron chi connectivity index (χ3n) is 4.92. The molecule has 0 aromatic heterocycles. The summed E-state index contributed by atoms with van der Waals surface area (Å²) in [6, 6.07) is 26.5. The number of benzene rings is 3. The van der Waals surface area contributed by atoms with Gasteiger partial charge >= 0.3 is 0 Å². The summed E-state index contributed by atoms with van der Waals surface area (Å²) in [4.78, 5) is 0. The van der Waals surface area contributed by atoms with Crippen molar-refractivity contribution < 1.29 is 9.47 Å². The van der Waals surface area contributed by atoms with Crippen LogP contribution in [-0.4, -0.2) is 6.61 Å². The highest BCUT2D eigenvalue weighted by Crippen LogP contribution is 2.42. The van der Waals surface area contributed by atoms with Gasteiger partial charge in [-0.15, -0.1) is 0 Å². The van der Waals surface area contributed by atoms with E-state index in [1.807, 2.05) is 49.4 Å². The largest absolute Gasteiger partial charge is 0.494 e. The van der Waals surface area contributed by atoms with Gasteiger partial charge in [-0.05, 0) is 78.8 Å². The average molecular weight is 383 g/mol. The number of rotatable bonds is 8. The standard InChI is InChI=1S/C27H26O2/c1-2-28-24-18-16-23(17-19-24)27(22-14-15-22)13-7-9-21-8-6-12-26(20-21)29-25-10-4-3-5-11-25/h3-13,16-20,22H,2,14-15H2,1H3/b9-7-,27-13-. The van der Waals surface area contributed by atoms with Crippen LogP contribution < -0.4 is 9.47 Å². The van der Waals surface area contributed by atoms with Gasteiger partial charge in [0.15, 0.2) is 0 Å². The van der Waals surface area contributed by atoms with Crippen LogP contribution in [0.3, 0.4) is 0 Å². The van der Waals surface area contributed by atoms with E-state index in [0.717, 1.165) is 22.8 Å². The SMILES string of the molecule is CCOc1ccc(/C(=C\C=C/c2cccc(Oc3ccccc3)c2)C2CC2)cc1. The predicted molar refractivity (Wildman–Crippen MR) is 120 cm³/mol. The van der Waals surface area contributed by atoms with Crippen LogP contribution in [0.5, 0.6) is 17.2 Å². The maximum atomic E-state index is 5.93. The van der Waals surface area contributed by atoms with Crippen LogP contribution in [0.4, 0.5) is 0 Å². The summed E-state index contributed by atoms with van der Waals surface area (Å²) in [7, 11) is 0. The highest BCUT2D eigenvalue weighted by molar-refractivity contribution is 5.72. The van der Waals surface area contributed by atoms with Gasteiger partial charge in [0.1, 0.15) is 17.2 Å². The summed E-state index contributed by atoms with van der Waals surface area (Å²) in [6.07, 6.45) is 9.07. The summed E-state index contributed by atoms with van der Waals surface area (Å²) in [6.45, 7) is 2.70. The summed E-state index contributed by atoms with van der Waals surface area (Å²) in [5.41, 5.74) is 3.80. The van der Waals surface area contributed by atoms with Crippen LogP contribution in [0.15, 0.2) is 91.0 Å². The van der Waals surface area contributed by atoms with E-state index < -0.39 is 0 Å². The molecule has 4 rings (SSSR count). The first kappa shape index (κ1) is 19.1. The van der Waals surface area contributed by atoms with Crippen LogP contribution >= 0.6 is 0 Å². The minimum atomic E-state index is 0.672. The van der Waals surface area contributed by atoms with E-state index in [1.54, 1.807) is 0 Å². The molecule has 0 heterocycles. The number of allylic oxidation sites excluding steroid dienone is 3. The molecule has 0 spiro atoms. The Labute approximate surface area is 173 Å². The van der Waals surface area contributed by atoms with Gasteiger partial charge in [0, 0.05) is 0 Å². The molecule has 0 saturated heterocycles. The Morgan fingerprint density at radius 1 is 0.862 bits per heavy atom. The Hall–Kier alpha value is -3.26. The normalized spacial score (nSPS) is 14.2. The molecule has 0 bridgehead atoms. The summed E-state index contributed by atoms with van der Waals surface area (Å²) in [5.74, 6) is 3.29. The van der Waals surface area contributed by atoms with Crippen LogP contribution in [0, 0.1) is 5.92 Å². The number of hydrogen-bond donors (Lipinski definition) is 0. The molecule has 0 N–H and O–H groups in total. The Morgan fingerprint density at radius 3 is 2.34 bits per heavy atom. The lowest BCUT2D eigenvalue weighted by atomic mass is 10.0. The Morgan fingerprint density at radius 2 is 1.62 bits per heavy atom. The molecule has 0 unspecified atom stereocenters. The molecule has 0 radical (unpaired) electrons. The van der Waals surface area contributed by atoms with Gasteiger partial charge < -0.3 is 9.47 Å². The fourth-order valence-corrected chi connectivity index (χ4v) is 3.34. The van der Waals surface area contributed by atoms with Gasteiger partial charge in [0.25, 0.3) is 0 Å². The van der Waals surface area contributed by atoms with Gasteiger partial charge in [-0.25, -0.2) is 0 Å². The molecule has 29 heavy (non-hydrogen) atoms. The van der Waals surface area contributed by atoms with Crippen molar-refractivity contribution in [3.63, 3.8) is 0 Å². The lowest BCUT2D eigenvalue weighted by Crippen LogP contribution is -1.92. The van der Waals surface area contributed by atoms with Crippen molar-refractivity contribution >= 4 is 11.6 Å².